The maximum atomic E-state index is 8.69. The Balaban J connectivity index is 2.25. The maximum Gasteiger partial charge on any atom is 0.131 e. The molecule has 0 aromatic heterocycles. The van der Waals surface area contributed by atoms with Crippen molar-refractivity contribution in [3.05, 3.63) is 58.6 Å². The standard InChI is InChI=1S/C14H10ClNO/c1-10-2-5-12(15)8-14(10)17-13-6-3-11(9-16)4-7-13/h2-8H,1H3. The molecule has 0 radical (unpaired) electrons. The number of halogens is 1. The van der Waals surface area contributed by atoms with Gasteiger partial charge in [-0.3, -0.25) is 0 Å². The molecule has 0 amide bonds. The average molecular weight is 244 g/mol. The number of hydrogen-bond acceptors (Lipinski definition) is 2. The molecule has 17 heavy (non-hydrogen) atoms. The molecule has 2 aromatic rings. The Kier molecular flexibility index (Phi) is 3.32. The van der Waals surface area contributed by atoms with E-state index in [4.69, 9.17) is 21.6 Å². The van der Waals surface area contributed by atoms with E-state index in [2.05, 4.69) is 6.07 Å². The van der Waals surface area contributed by atoms with Crippen molar-refractivity contribution in [3.63, 3.8) is 0 Å². The molecule has 2 aromatic carbocycles. The van der Waals surface area contributed by atoms with Gasteiger partial charge in [0.1, 0.15) is 11.5 Å². The van der Waals surface area contributed by atoms with Gasteiger partial charge in [-0.25, -0.2) is 0 Å². The lowest BCUT2D eigenvalue weighted by Crippen LogP contribution is -1.87. The molecule has 0 aliphatic rings. The highest BCUT2D eigenvalue weighted by atomic mass is 35.5. The molecule has 0 aliphatic carbocycles. The fraction of sp³-hybridized carbons (Fsp3) is 0.0714. The molecule has 0 spiro atoms. The number of aryl methyl sites for hydroxylation is 1. The van der Waals surface area contributed by atoms with Crippen LogP contribution < -0.4 is 4.74 Å². The predicted octanol–water partition coefficient (Wildman–Crippen LogP) is 4.31. The highest BCUT2D eigenvalue weighted by molar-refractivity contribution is 6.30. The summed E-state index contributed by atoms with van der Waals surface area (Å²) in [4.78, 5) is 0. The summed E-state index contributed by atoms with van der Waals surface area (Å²) in [6.45, 7) is 1.95. The molecule has 84 valence electrons. The molecule has 0 atom stereocenters. The third-order valence-electron chi connectivity index (χ3n) is 2.36. The van der Waals surface area contributed by atoms with E-state index in [0.29, 0.717) is 16.3 Å². The first-order valence-corrected chi connectivity index (χ1v) is 5.51. The van der Waals surface area contributed by atoms with Crippen LogP contribution in [0.15, 0.2) is 42.5 Å². The number of benzene rings is 2. The van der Waals surface area contributed by atoms with Gasteiger partial charge in [-0.05, 0) is 48.9 Å². The van der Waals surface area contributed by atoms with Crippen LogP contribution in [0.1, 0.15) is 11.1 Å². The lowest BCUT2D eigenvalue weighted by atomic mass is 10.2. The lowest BCUT2D eigenvalue weighted by molar-refractivity contribution is 0.479. The van der Waals surface area contributed by atoms with E-state index in [1.165, 1.54) is 0 Å². The second-order valence-corrected chi connectivity index (χ2v) is 4.08. The van der Waals surface area contributed by atoms with Crippen molar-refractivity contribution in [2.75, 3.05) is 0 Å². The summed E-state index contributed by atoms with van der Waals surface area (Å²) >= 11 is 5.91. The Morgan fingerprint density at radius 1 is 1.12 bits per heavy atom. The topological polar surface area (TPSA) is 33.0 Å². The van der Waals surface area contributed by atoms with Gasteiger partial charge < -0.3 is 4.74 Å². The molecule has 0 heterocycles. The van der Waals surface area contributed by atoms with Crippen molar-refractivity contribution in [2.45, 2.75) is 6.92 Å². The van der Waals surface area contributed by atoms with Gasteiger partial charge >= 0.3 is 0 Å². The van der Waals surface area contributed by atoms with Crippen LogP contribution in [0.3, 0.4) is 0 Å². The van der Waals surface area contributed by atoms with Crippen LogP contribution in [0.4, 0.5) is 0 Å². The van der Waals surface area contributed by atoms with Crippen LogP contribution in [0.25, 0.3) is 0 Å². The van der Waals surface area contributed by atoms with Crippen molar-refractivity contribution >= 4 is 11.6 Å². The monoisotopic (exact) mass is 243 g/mol. The zero-order chi connectivity index (χ0) is 12.3. The Morgan fingerprint density at radius 2 is 1.82 bits per heavy atom. The first-order valence-electron chi connectivity index (χ1n) is 5.13. The molecule has 2 nitrogen and oxygen atoms in total. The second-order valence-electron chi connectivity index (χ2n) is 3.65. The van der Waals surface area contributed by atoms with Gasteiger partial charge in [0.25, 0.3) is 0 Å². The van der Waals surface area contributed by atoms with E-state index in [9.17, 15) is 0 Å². The second kappa shape index (κ2) is 4.90. The SMILES string of the molecule is Cc1ccc(Cl)cc1Oc1ccc(C#N)cc1. The van der Waals surface area contributed by atoms with Gasteiger partial charge in [-0.2, -0.15) is 5.26 Å². The number of nitrogens with zero attached hydrogens (tertiary/aromatic N) is 1. The smallest absolute Gasteiger partial charge is 0.131 e. The van der Waals surface area contributed by atoms with Crippen LogP contribution in [-0.2, 0) is 0 Å². The van der Waals surface area contributed by atoms with Crippen molar-refractivity contribution in [1.29, 1.82) is 5.26 Å². The quantitative estimate of drug-likeness (QED) is 0.787. The van der Waals surface area contributed by atoms with Crippen LogP contribution in [0, 0.1) is 18.3 Å². The van der Waals surface area contributed by atoms with Gasteiger partial charge in [-0.1, -0.05) is 17.7 Å². The summed E-state index contributed by atoms with van der Waals surface area (Å²) in [6, 6.07) is 14.5. The molecular weight excluding hydrogens is 234 g/mol. The summed E-state index contributed by atoms with van der Waals surface area (Å²) in [6.07, 6.45) is 0. The van der Waals surface area contributed by atoms with Crippen molar-refractivity contribution < 1.29 is 4.74 Å². The highest BCUT2D eigenvalue weighted by Gasteiger charge is 2.02. The summed E-state index contributed by atoms with van der Waals surface area (Å²) < 4.78 is 5.70. The van der Waals surface area contributed by atoms with E-state index < -0.39 is 0 Å². The fourth-order valence-corrected chi connectivity index (χ4v) is 1.57. The summed E-state index contributed by atoms with van der Waals surface area (Å²) in [5, 5.41) is 9.33. The summed E-state index contributed by atoms with van der Waals surface area (Å²) in [5.41, 5.74) is 1.62. The van der Waals surface area contributed by atoms with Crippen LogP contribution >= 0.6 is 11.6 Å². The predicted molar refractivity (Wildman–Crippen MR) is 67.4 cm³/mol. The molecule has 3 heteroatoms. The summed E-state index contributed by atoms with van der Waals surface area (Å²) in [5.74, 6) is 1.41. The Hall–Kier alpha value is -1.98. The average Bonchev–Trinajstić information content (AvgIpc) is 2.35. The van der Waals surface area contributed by atoms with Crippen LogP contribution in [0.5, 0.6) is 11.5 Å². The van der Waals surface area contributed by atoms with Gasteiger partial charge in [0.05, 0.1) is 11.6 Å². The van der Waals surface area contributed by atoms with Gasteiger partial charge in [-0.15, -0.1) is 0 Å². The van der Waals surface area contributed by atoms with Crippen molar-refractivity contribution in [2.24, 2.45) is 0 Å². The number of ether oxygens (including phenoxy) is 1. The fourth-order valence-electron chi connectivity index (χ4n) is 1.41. The van der Waals surface area contributed by atoms with Crippen molar-refractivity contribution in [3.8, 4) is 17.6 Å². The molecule has 0 bridgehead atoms. The normalized spacial score (nSPS) is 9.71. The van der Waals surface area contributed by atoms with Gasteiger partial charge in [0.15, 0.2) is 0 Å². The molecule has 2 rings (SSSR count). The zero-order valence-corrected chi connectivity index (χ0v) is 10.0. The molecule has 0 aliphatic heterocycles. The molecule has 0 saturated carbocycles. The Morgan fingerprint density at radius 3 is 2.47 bits per heavy atom. The number of rotatable bonds is 2. The van der Waals surface area contributed by atoms with Crippen LogP contribution in [0.2, 0.25) is 5.02 Å². The number of nitriles is 1. The minimum atomic E-state index is 0.611. The molecule has 0 fully saturated rings. The van der Waals surface area contributed by atoms with Gasteiger partial charge in [0, 0.05) is 5.02 Å². The van der Waals surface area contributed by atoms with Crippen molar-refractivity contribution in [1.82, 2.24) is 0 Å². The van der Waals surface area contributed by atoms with E-state index in [0.717, 1.165) is 11.3 Å². The Labute approximate surface area is 105 Å². The third-order valence-corrected chi connectivity index (χ3v) is 2.60. The molecular formula is C14H10ClNO. The first kappa shape index (κ1) is 11.5. The maximum absolute atomic E-state index is 8.69. The van der Waals surface area contributed by atoms with Crippen LogP contribution in [-0.4, -0.2) is 0 Å². The van der Waals surface area contributed by atoms with Gasteiger partial charge in [0.2, 0.25) is 0 Å². The minimum Gasteiger partial charge on any atom is -0.457 e. The molecule has 0 unspecified atom stereocenters. The summed E-state index contributed by atoms with van der Waals surface area (Å²) in [7, 11) is 0. The third kappa shape index (κ3) is 2.77. The zero-order valence-electron chi connectivity index (χ0n) is 9.27. The highest BCUT2D eigenvalue weighted by Crippen LogP contribution is 2.27. The van der Waals surface area contributed by atoms with E-state index >= 15 is 0 Å². The van der Waals surface area contributed by atoms with E-state index in [1.54, 1.807) is 30.3 Å². The molecule has 0 saturated heterocycles. The minimum absolute atomic E-state index is 0.611. The first-order chi connectivity index (χ1) is 8.19. The lowest BCUT2D eigenvalue weighted by Gasteiger charge is -2.08. The number of hydrogen-bond donors (Lipinski definition) is 0. The Bertz CT molecular complexity index is 570. The molecule has 0 N–H and O–H groups in total. The largest absolute Gasteiger partial charge is 0.457 e. The van der Waals surface area contributed by atoms with E-state index in [1.807, 2.05) is 19.1 Å². The van der Waals surface area contributed by atoms with E-state index in [-0.39, 0.29) is 0 Å².